The van der Waals surface area contributed by atoms with Gasteiger partial charge in [0.1, 0.15) is 12.6 Å². The van der Waals surface area contributed by atoms with Crippen LogP contribution in [0.2, 0.25) is 0 Å². The average molecular weight is 275 g/mol. The second kappa shape index (κ2) is 6.48. The van der Waals surface area contributed by atoms with E-state index in [9.17, 15) is 14.4 Å². The lowest BCUT2D eigenvalue weighted by Gasteiger charge is -2.26. The van der Waals surface area contributed by atoms with Gasteiger partial charge in [0.25, 0.3) is 0 Å². The molecule has 1 heterocycles. The van der Waals surface area contributed by atoms with Crippen molar-refractivity contribution in [3.8, 4) is 0 Å². The minimum atomic E-state index is -1.01. The van der Waals surface area contributed by atoms with E-state index in [0.29, 0.717) is 18.2 Å². The van der Waals surface area contributed by atoms with E-state index < -0.39 is 18.0 Å². The summed E-state index contributed by atoms with van der Waals surface area (Å²) in [4.78, 5) is 36.8. The van der Waals surface area contributed by atoms with E-state index in [1.807, 2.05) is 0 Å². The van der Waals surface area contributed by atoms with Gasteiger partial charge in [0.15, 0.2) is 0 Å². The number of nitrogens with zero attached hydrogens (tertiary/aromatic N) is 2. The first-order valence-electron chi connectivity index (χ1n) is 5.56. The maximum absolute atomic E-state index is 12.0. The maximum atomic E-state index is 12.0. The van der Waals surface area contributed by atoms with Crippen molar-refractivity contribution in [3.63, 3.8) is 0 Å². The molecule has 2 N–H and O–H groups in total. The fourth-order valence-corrected chi connectivity index (χ4v) is 2.73. The Morgan fingerprint density at radius 1 is 1.50 bits per heavy atom. The quantitative estimate of drug-likeness (QED) is 0.731. The second-order valence-corrected chi connectivity index (χ2v) is 4.92. The number of carboxylic acids is 1. The summed E-state index contributed by atoms with van der Waals surface area (Å²) in [6.07, 6.45) is 0. The van der Waals surface area contributed by atoms with Gasteiger partial charge in [-0.05, 0) is 6.92 Å². The van der Waals surface area contributed by atoms with Gasteiger partial charge < -0.3 is 20.2 Å². The van der Waals surface area contributed by atoms with Crippen molar-refractivity contribution in [2.45, 2.75) is 13.0 Å². The molecule has 18 heavy (non-hydrogen) atoms. The summed E-state index contributed by atoms with van der Waals surface area (Å²) in [6, 6.07) is -1.24. The highest BCUT2D eigenvalue weighted by atomic mass is 32.2. The lowest BCUT2D eigenvalue weighted by molar-refractivity contribution is -0.140. The molecular formula is C10H17N3O4S. The second-order valence-electron chi connectivity index (χ2n) is 3.92. The van der Waals surface area contributed by atoms with E-state index in [1.165, 1.54) is 28.6 Å². The van der Waals surface area contributed by atoms with Crippen molar-refractivity contribution in [1.29, 1.82) is 0 Å². The summed E-state index contributed by atoms with van der Waals surface area (Å²) in [5, 5.41) is 11.6. The van der Waals surface area contributed by atoms with Gasteiger partial charge in [0.2, 0.25) is 5.91 Å². The zero-order chi connectivity index (χ0) is 13.7. The summed E-state index contributed by atoms with van der Waals surface area (Å²) < 4.78 is 0. The molecule has 102 valence electrons. The predicted octanol–water partition coefficient (Wildman–Crippen LogP) is -0.366. The monoisotopic (exact) mass is 275 g/mol. The fourth-order valence-electron chi connectivity index (χ4n) is 1.59. The highest BCUT2D eigenvalue weighted by molar-refractivity contribution is 7.99. The molecule has 0 saturated carbocycles. The van der Waals surface area contributed by atoms with E-state index in [4.69, 9.17) is 5.11 Å². The van der Waals surface area contributed by atoms with Crippen LogP contribution in [0.25, 0.3) is 0 Å². The average Bonchev–Trinajstić information content (AvgIpc) is 2.76. The van der Waals surface area contributed by atoms with Crippen LogP contribution >= 0.6 is 11.8 Å². The summed E-state index contributed by atoms with van der Waals surface area (Å²) in [6.45, 7) is 2.22. The van der Waals surface area contributed by atoms with Crippen LogP contribution in [0.1, 0.15) is 6.92 Å². The molecule has 0 aromatic rings. The molecule has 7 nitrogen and oxygen atoms in total. The number of thioether (sulfide) groups is 1. The Kier molecular flexibility index (Phi) is 5.26. The van der Waals surface area contributed by atoms with Crippen molar-refractivity contribution in [3.05, 3.63) is 0 Å². The minimum Gasteiger partial charge on any atom is -0.480 e. The van der Waals surface area contributed by atoms with Crippen LogP contribution in [0.4, 0.5) is 4.79 Å². The van der Waals surface area contributed by atoms with Crippen molar-refractivity contribution in [2.75, 3.05) is 31.8 Å². The minimum absolute atomic E-state index is 0.0693. The molecule has 0 aromatic heterocycles. The van der Waals surface area contributed by atoms with Crippen LogP contribution in [-0.4, -0.2) is 70.6 Å². The standard InChI is InChI=1S/C10H17N3O4S/c1-3-11-8(14)4-12(2)10(17)13-6-18-5-7(13)9(15)16/h7H,3-6H2,1-2H3,(H,11,14)(H,15,16)/t7-/m0/s1. The van der Waals surface area contributed by atoms with Gasteiger partial charge in [-0.25, -0.2) is 9.59 Å². The van der Waals surface area contributed by atoms with Crippen molar-refractivity contribution in [2.24, 2.45) is 0 Å². The molecular weight excluding hydrogens is 258 g/mol. The van der Waals surface area contributed by atoms with Gasteiger partial charge in [-0.3, -0.25) is 4.79 Å². The number of aliphatic carboxylic acids is 1. The van der Waals surface area contributed by atoms with E-state index in [1.54, 1.807) is 6.92 Å². The summed E-state index contributed by atoms with van der Waals surface area (Å²) in [7, 11) is 1.49. The Morgan fingerprint density at radius 3 is 2.72 bits per heavy atom. The fraction of sp³-hybridized carbons (Fsp3) is 0.700. The van der Waals surface area contributed by atoms with Gasteiger partial charge >= 0.3 is 12.0 Å². The first-order chi connectivity index (χ1) is 8.47. The lowest BCUT2D eigenvalue weighted by atomic mass is 10.3. The molecule has 0 radical (unpaired) electrons. The van der Waals surface area contributed by atoms with Crippen LogP contribution in [0.5, 0.6) is 0 Å². The highest BCUT2D eigenvalue weighted by Gasteiger charge is 2.36. The molecule has 0 spiro atoms. The Bertz CT molecular complexity index is 350. The number of hydrogen-bond donors (Lipinski definition) is 2. The lowest BCUT2D eigenvalue weighted by Crippen LogP contribution is -2.49. The normalized spacial score (nSPS) is 18.6. The molecule has 1 fully saturated rings. The molecule has 0 aromatic carbocycles. The number of carbonyl (C=O) groups excluding carboxylic acids is 2. The summed E-state index contributed by atoms with van der Waals surface area (Å²) in [5.41, 5.74) is 0. The van der Waals surface area contributed by atoms with Gasteiger partial charge in [-0.1, -0.05) is 0 Å². The first-order valence-corrected chi connectivity index (χ1v) is 6.71. The zero-order valence-corrected chi connectivity index (χ0v) is 11.2. The molecule has 1 saturated heterocycles. The van der Waals surface area contributed by atoms with Gasteiger partial charge in [-0.15, -0.1) is 11.8 Å². The third-order valence-electron chi connectivity index (χ3n) is 2.49. The molecule has 0 unspecified atom stereocenters. The number of urea groups is 1. The van der Waals surface area contributed by atoms with Crippen LogP contribution < -0.4 is 5.32 Å². The van der Waals surface area contributed by atoms with Gasteiger partial charge in [-0.2, -0.15) is 0 Å². The van der Waals surface area contributed by atoms with E-state index in [-0.39, 0.29) is 12.5 Å². The Morgan fingerprint density at radius 2 is 2.17 bits per heavy atom. The summed E-state index contributed by atoms with van der Waals surface area (Å²) >= 11 is 1.39. The molecule has 3 amide bonds. The Hall–Kier alpha value is -1.44. The van der Waals surface area contributed by atoms with Crippen LogP contribution in [-0.2, 0) is 9.59 Å². The number of nitrogens with one attached hydrogen (secondary N) is 1. The molecule has 0 bridgehead atoms. The Labute approximate surface area is 109 Å². The van der Waals surface area contributed by atoms with Crippen LogP contribution in [0.3, 0.4) is 0 Å². The molecule has 1 rings (SSSR count). The number of carbonyl (C=O) groups is 3. The van der Waals surface area contributed by atoms with Crippen LogP contribution in [0, 0.1) is 0 Å². The van der Waals surface area contributed by atoms with Crippen molar-refractivity contribution in [1.82, 2.24) is 15.1 Å². The third-order valence-corrected chi connectivity index (χ3v) is 3.51. The predicted molar refractivity (Wildman–Crippen MR) is 67.3 cm³/mol. The number of likely N-dealkylation sites (N-methyl/N-ethyl adjacent to an activating group) is 2. The molecule has 8 heteroatoms. The van der Waals surface area contributed by atoms with Gasteiger partial charge in [0, 0.05) is 19.3 Å². The summed E-state index contributed by atoms with van der Waals surface area (Å²) in [5.74, 6) is -0.544. The molecule has 1 aliphatic heterocycles. The zero-order valence-electron chi connectivity index (χ0n) is 10.4. The Balaban J connectivity index is 2.57. The van der Waals surface area contributed by atoms with E-state index >= 15 is 0 Å². The number of rotatable bonds is 4. The van der Waals surface area contributed by atoms with E-state index in [0.717, 1.165) is 0 Å². The first kappa shape index (κ1) is 14.6. The van der Waals surface area contributed by atoms with Crippen LogP contribution in [0.15, 0.2) is 0 Å². The number of carboxylic acid groups (broad SMARTS) is 1. The van der Waals surface area contributed by atoms with E-state index in [2.05, 4.69) is 5.32 Å². The highest BCUT2D eigenvalue weighted by Crippen LogP contribution is 2.22. The molecule has 1 atom stereocenters. The number of hydrogen-bond acceptors (Lipinski definition) is 4. The van der Waals surface area contributed by atoms with Crippen molar-refractivity contribution >= 4 is 29.7 Å². The van der Waals surface area contributed by atoms with Crippen molar-refractivity contribution < 1.29 is 19.5 Å². The SMILES string of the molecule is CCNC(=O)CN(C)C(=O)N1CSC[C@H]1C(=O)O. The third kappa shape index (κ3) is 3.52. The van der Waals surface area contributed by atoms with Gasteiger partial charge in [0.05, 0.1) is 5.88 Å². The largest absolute Gasteiger partial charge is 0.480 e. The molecule has 0 aliphatic carbocycles. The molecule has 1 aliphatic rings. The number of amides is 3. The smallest absolute Gasteiger partial charge is 0.327 e. The maximum Gasteiger partial charge on any atom is 0.327 e. The topological polar surface area (TPSA) is 90.0 Å².